The Kier molecular flexibility index (Phi) is 3.45. The van der Waals surface area contributed by atoms with Crippen LogP contribution in [0.4, 0.5) is 0 Å². The molecule has 18 heavy (non-hydrogen) atoms. The third kappa shape index (κ3) is 3.01. The summed E-state index contributed by atoms with van der Waals surface area (Å²) in [7, 11) is 0. The highest BCUT2D eigenvalue weighted by molar-refractivity contribution is 5.18. The maximum atomic E-state index is 2.26. The van der Waals surface area contributed by atoms with Crippen molar-refractivity contribution in [2.75, 3.05) is 0 Å². The van der Waals surface area contributed by atoms with Crippen molar-refractivity contribution in [3.05, 3.63) is 71.8 Å². The average molecular weight is 236 g/mol. The number of hydrogen-bond donors (Lipinski definition) is 0. The first kappa shape index (κ1) is 11.5. The van der Waals surface area contributed by atoms with Gasteiger partial charge in [-0.25, -0.2) is 0 Å². The fourth-order valence-corrected chi connectivity index (χ4v) is 2.83. The summed E-state index contributed by atoms with van der Waals surface area (Å²) >= 11 is 0. The fraction of sp³-hybridized carbons (Fsp3) is 0.333. The van der Waals surface area contributed by atoms with Crippen molar-refractivity contribution in [2.24, 2.45) is 11.8 Å². The summed E-state index contributed by atoms with van der Waals surface area (Å²) in [4.78, 5) is 0. The molecule has 92 valence electrons. The maximum Gasteiger partial charge on any atom is -0.0248 e. The number of aryl methyl sites for hydroxylation is 1. The second kappa shape index (κ2) is 5.39. The molecule has 0 N–H and O–H groups in total. The molecule has 1 fully saturated rings. The largest absolute Gasteiger partial charge is 0.0622 e. The Hall–Kier alpha value is -1.56. The minimum Gasteiger partial charge on any atom is -0.0622 e. The molecule has 0 heteroatoms. The van der Waals surface area contributed by atoms with Crippen LogP contribution in [-0.4, -0.2) is 0 Å². The van der Waals surface area contributed by atoms with E-state index >= 15 is 0 Å². The van der Waals surface area contributed by atoms with Crippen LogP contribution in [0.15, 0.2) is 60.7 Å². The molecule has 0 amide bonds. The zero-order chi connectivity index (χ0) is 12.2. The third-order valence-corrected chi connectivity index (χ3v) is 4.06. The van der Waals surface area contributed by atoms with E-state index in [-0.39, 0.29) is 0 Å². The molecular weight excluding hydrogens is 216 g/mol. The highest BCUT2D eigenvalue weighted by Gasteiger charge is 2.35. The lowest BCUT2D eigenvalue weighted by Gasteiger charge is -2.02. The van der Waals surface area contributed by atoms with Gasteiger partial charge in [0.15, 0.2) is 0 Å². The predicted octanol–water partition coefficient (Wildman–Crippen LogP) is 4.50. The number of hydrogen-bond acceptors (Lipinski definition) is 0. The van der Waals surface area contributed by atoms with E-state index in [9.17, 15) is 0 Å². The molecule has 1 aliphatic rings. The van der Waals surface area contributed by atoms with Crippen LogP contribution in [0.3, 0.4) is 0 Å². The van der Waals surface area contributed by atoms with Gasteiger partial charge in [-0.1, -0.05) is 60.7 Å². The normalized spacial score (nSPS) is 21.8. The van der Waals surface area contributed by atoms with Gasteiger partial charge in [0.25, 0.3) is 0 Å². The molecule has 2 aromatic carbocycles. The first-order valence-corrected chi connectivity index (χ1v) is 6.99. The zero-order valence-corrected chi connectivity index (χ0v) is 10.8. The third-order valence-electron chi connectivity index (χ3n) is 4.06. The van der Waals surface area contributed by atoms with E-state index < -0.39 is 0 Å². The Balaban J connectivity index is 1.45. The minimum atomic E-state index is 0.941. The molecule has 1 aliphatic carbocycles. The fourth-order valence-electron chi connectivity index (χ4n) is 2.83. The lowest BCUT2D eigenvalue weighted by atomic mass is 10.0. The van der Waals surface area contributed by atoms with Crippen LogP contribution in [0.1, 0.15) is 24.0 Å². The van der Waals surface area contributed by atoms with Crippen molar-refractivity contribution in [1.82, 2.24) is 0 Å². The van der Waals surface area contributed by atoms with Crippen molar-refractivity contribution < 1.29 is 0 Å². The van der Waals surface area contributed by atoms with Gasteiger partial charge in [-0.05, 0) is 48.6 Å². The molecule has 0 heterocycles. The van der Waals surface area contributed by atoms with Crippen LogP contribution in [0.25, 0.3) is 0 Å². The summed E-state index contributed by atoms with van der Waals surface area (Å²) in [5.41, 5.74) is 2.99. The molecule has 0 aliphatic heterocycles. The molecule has 0 bridgehead atoms. The monoisotopic (exact) mass is 236 g/mol. The van der Waals surface area contributed by atoms with Crippen molar-refractivity contribution >= 4 is 0 Å². The van der Waals surface area contributed by atoms with Gasteiger partial charge in [0, 0.05) is 0 Å². The van der Waals surface area contributed by atoms with Crippen LogP contribution in [0, 0.1) is 11.8 Å². The Bertz CT molecular complexity index is 472. The Morgan fingerprint density at radius 1 is 0.722 bits per heavy atom. The van der Waals surface area contributed by atoms with Crippen LogP contribution >= 0.6 is 0 Å². The summed E-state index contributed by atoms with van der Waals surface area (Å²) in [6.07, 6.45) is 5.32. The zero-order valence-electron chi connectivity index (χ0n) is 10.8. The van der Waals surface area contributed by atoms with Gasteiger partial charge in [0.2, 0.25) is 0 Å². The Morgan fingerprint density at radius 3 is 2.00 bits per heavy atom. The van der Waals surface area contributed by atoms with Crippen LogP contribution < -0.4 is 0 Å². The molecule has 0 aromatic heterocycles. The molecule has 0 spiro atoms. The van der Waals surface area contributed by atoms with E-state index in [1.54, 1.807) is 0 Å². The van der Waals surface area contributed by atoms with Gasteiger partial charge >= 0.3 is 0 Å². The van der Waals surface area contributed by atoms with Gasteiger partial charge < -0.3 is 0 Å². The lowest BCUT2D eigenvalue weighted by Crippen LogP contribution is -1.92. The van der Waals surface area contributed by atoms with Crippen molar-refractivity contribution in [2.45, 2.75) is 25.7 Å². The van der Waals surface area contributed by atoms with Gasteiger partial charge in [-0.2, -0.15) is 0 Å². The molecule has 3 rings (SSSR count). The molecule has 0 radical (unpaired) electrons. The summed E-state index contributed by atoms with van der Waals surface area (Å²) in [5, 5.41) is 0. The second-order valence-corrected chi connectivity index (χ2v) is 5.47. The van der Waals surface area contributed by atoms with Crippen LogP contribution in [0.2, 0.25) is 0 Å². The van der Waals surface area contributed by atoms with E-state index in [0.717, 1.165) is 11.8 Å². The van der Waals surface area contributed by atoms with Gasteiger partial charge in [-0.15, -0.1) is 0 Å². The van der Waals surface area contributed by atoms with Crippen LogP contribution in [0.5, 0.6) is 0 Å². The number of rotatable bonds is 5. The molecular formula is C18H20. The number of benzene rings is 2. The van der Waals surface area contributed by atoms with Gasteiger partial charge in [-0.3, -0.25) is 0 Å². The van der Waals surface area contributed by atoms with Crippen molar-refractivity contribution in [3.8, 4) is 0 Å². The van der Waals surface area contributed by atoms with Crippen LogP contribution in [-0.2, 0) is 12.8 Å². The van der Waals surface area contributed by atoms with E-state index in [0.29, 0.717) is 0 Å². The van der Waals surface area contributed by atoms with Crippen molar-refractivity contribution in [3.63, 3.8) is 0 Å². The second-order valence-electron chi connectivity index (χ2n) is 5.47. The molecule has 1 saturated carbocycles. The quantitative estimate of drug-likeness (QED) is 0.717. The van der Waals surface area contributed by atoms with Gasteiger partial charge in [0.1, 0.15) is 0 Å². The van der Waals surface area contributed by atoms with Crippen molar-refractivity contribution in [1.29, 1.82) is 0 Å². The topological polar surface area (TPSA) is 0 Å². The average Bonchev–Trinajstić information content (AvgIpc) is 3.17. The molecule has 0 saturated heterocycles. The lowest BCUT2D eigenvalue weighted by molar-refractivity contribution is 0.641. The first-order valence-electron chi connectivity index (χ1n) is 6.99. The Morgan fingerprint density at radius 2 is 1.33 bits per heavy atom. The summed E-state index contributed by atoms with van der Waals surface area (Å²) in [6.45, 7) is 0. The Labute approximate surface area is 110 Å². The highest BCUT2D eigenvalue weighted by Crippen LogP contribution is 2.44. The maximum absolute atomic E-state index is 2.26. The van der Waals surface area contributed by atoms with E-state index in [1.807, 2.05) is 0 Å². The standard InChI is InChI=1S/C18H20/c1-3-7-15(8-4-1)11-12-17-14-18(17)13-16-9-5-2-6-10-16/h1-10,17-18H,11-14H2/t17-,18-/m1/s1. The van der Waals surface area contributed by atoms with Gasteiger partial charge in [0.05, 0.1) is 0 Å². The first-order chi connectivity index (χ1) is 8.92. The summed E-state index contributed by atoms with van der Waals surface area (Å²) in [6, 6.07) is 21.8. The van der Waals surface area contributed by atoms with E-state index in [2.05, 4.69) is 60.7 Å². The van der Waals surface area contributed by atoms with E-state index in [1.165, 1.54) is 36.8 Å². The molecule has 2 atom stereocenters. The SMILES string of the molecule is c1ccc(CC[C@@H]2C[C@H]2Cc2ccccc2)cc1. The molecule has 0 unspecified atom stereocenters. The summed E-state index contributed by atoms with van der Waals surface area (Å²) in [5.74, 6) is 1.90. The highest BCUT2D eigenvalue weighted by atomic mass is 14.4. The molecule has 0 nitrogen and oxygen atoms in total. The molecule has 2 aromatic rings. The predicted molar refractivity (Wildman–Crippen MR) is 76.5 cm³/mol. The van der Waals surface area contributed by atoms with E-state index in [4.69, 9.17) is 0 Å². The minimum absolute atomic E-state index is 0.941. The summed E-state index contributed by atoms with van der Waals surface area (Å²) < 4.78 is 0. The smallest absolute Gasteiger partial charge is 0.0248 e.